The van der Waals surface area contributed by atoms with E-state index >= 15 is 0 Å². The summed E-state index contributed by atoms with van der Waals surface area (Å²) in [5.41, 5.74) is 3.17. The maximum atomic E-state index is 12.2. The van der Waals surface area contributed by atoms with Crippen LogP contribution in [0.2, 0.25) is 0 Å². The number of hydrogen-bond acceptors (Lipinski definition) is 2. The molecule has 21 heavy (non-hydrogen) atoms. The lowest BCUT2D eigenvalue weighted by atomic mass is 10.0. The van der Waals surface area contributed by atoms with Crippen molar-refractivity contribution in [3.8, 4) is 0 Å². The number of aliphatic hydroxyl groups excluding tert-OH is 1. The molecule has 0 aromatic heterocycles. The van der Waals surface area contributed by atoms with Crippen LogP contribution in [0, 0.1) is 5.92 Å². The highest BCUT2D eigenvalue weighted by Gasteiger charge is 2.15. The molecule has 0 saturated carbocycles. The number of carbonyl (C=O) groups is 1. The van der Waals surface area contributed by atoms with Gasteiger partial charge in [-0.25, -0.2) is 4.79 Å². The molecule has 0 aliphatic heterocycles. The summed E-state index contributed by atoms with van der Waals surface area (Å²) >= 11 is 0. The third-order valence-corrected chi connectivity index (χ3v) is 3.55. The van der Waals surface area contributed by atoms with E-state index in [2.05, 4.69) is 38.3 Å². The molecule has 1 aromatic carbocycles. The minimum absolute atomic E-state index is 0.0400. The minimum Gasteiger partial charge on any atom is -0.394 e. The van der Waals surface area contributed by atoms with Gasteiger partial charge in [0.1, 0.15) is 0 Å². The molecule has 0 heterocycles. The van der Waals surface area contributed by atoms with Crippen molar-refractivity contribution in [1.82, 2.24) is 5.32 Å². The summed E-state index contributed by atoms with van der Waals surface area (Å²) in [6, 6.07) is 5.64. The van der Waals surface area contributed by atoms with E-state index in [1.54, 1.807) is 0 Å². The van der Waals surface area contributed by atoms with Crippen LogP contribution < -0.4 is 10.6 Å². The summed E-state index contributed by atoms with van der Waals surface area (Å²) in [5.74, 6) is 0.427. The summed E-state index contributed by atoms with van der Waals surface area (Å²) in [7, 11) is 0. The Kier molecular flexibility index (Phi) is 7.23. The maximum Gasteiger partial charge on any atom is 0.319 e. The van der Waals surface area contributed by atoms with Gasteiger partial charge in [-0.2, -0.15) is 0 Å². The van der Waals surface area contributed by atoms with Crippen LogP contribution in [0.25, 0.3) is 0 Å². The smallest absolute Gasteiger partial charge is 0.319 e. The van der Waals surface area contributed by atoms with E-state index < -0.39 is 0 Å². The Morgan fingerprint density at radius 3 is 2.19 bits per heavy atom. The predicted molar refractivity (Wildman–Crippen MR) is 87.7 cm³/mol. The van der Waals surface area contributed by atoms with Gasteiger partial charge in [0.05, 0.1) is 12.6 Å². The molecule has 2 amide bonds. The van der Waals surface area contributed by atoms with E-state index in [1.165, 1.54) is 0 Å². The Balaban J connectivity index is 2.78. The van der Waals surface area contributed by atoms with Crippen molar-refractivity contribution in [3.63, 3.8) is 0 Å². The number of nitrogens with one attached hydrogen (secondary N) is 2. The summed E-state index contributed by atoms with van der Waals surface area (Å²) in [5, 5.41) is 15.2. The molecule has 4 heteroatoms. The average molecular weight is 292 g/mol. The van der Waals surface area contributed by atoms with Crippen molar-refractivity contribution in [2.45, 2.75) is 53.0 Å². The fraction of sp³-hybridized carbons (Fsp3) is 0.588. The van der Waals surface area contributed by atoms with Gasteiger partial charge in [-0.3, -0.25) is 0 Å². The second kappa shape index (κ2) is 8.67. The van der Waals surface area contributed by atoms with Gasteiger partial charge in [0.2, 0.25) is 0 Å². The Hall–Kier alpha value is -1.55. The molecule has 1 aromatic rings. The SMILES string of the molecule is CCc1cccc(CC)c1NC(=O)NC(CO)CC(C)C. The number of aryl methyl sites for hydroxylation is 2. The van der Waals surface area contributed by atoms with Gasteiger partial charge in [-0.05, 0) is 36.3 Å². The summed E-state index contributed by atoms with van der Waals surface area (Å²) < 4.78 is 0. The van der Waals surface area contributed by atoms with Gasteiger partial charge in [-0.15, -0.1) is 0 Å². The monoisotopic (exact) mass is 292 g/mol. The van der Waals surface area contributed by atoms with Crippen molar-refractivity contribution >= 4 is 11.7 Å². The zero-order chi connectivity index (χ0) is 15.8. The molecular formula is C17H28N2O2. The van der Waals surface area contributed by atoms with Crippen LogP contribution in [-0.4, -0.2) is 23.8 Å². The van der Waals surface area contributed by atoms with Crippen molar-refractivity contribution < 1.29 is 9.90 Å². The molecule has 1 atom stereocenters. The van der Waals surface area contributed by atoms with E-state index in [0.717, 1.165) is 36.1 Å². The van der Waals surface area contributed by atoms with Crippen molar-refractivity contribution in [2.24, 2.45) is 5.92 Å². The maximum absolute atomic E-state index is 12.2. The lowest BCUT2D eigenvalue weighted by Crippen LogP contribution is -2.41. The second-order valence-corrected chi connectivity index (χ2v) is 5.77. The second-order valence-electron chi connectivity index (χ2n) is 5.77. The highest BCUT2D eigenvalue weighted by atomic mass is 16.3. The Morgan fingerprint density at radius 2 is 1.76 bits per heavy atom. The summed E-state index contributed by atoms with van der Waals surface area (Å²) in [4.78, 5) is 12.2. The minimum atomic E-state index is -0.245. The Labute approximate surface area is 128 Å². The van der Waals surface area contributed by atoms with Crippen LogP contribution in [0.15, 0.2) is 18.2 Å². The van der Waals surface area contributed by atoms with Crippen LogP contribution in [0.1, 0.15) is 45.2 Å². The normalized spacial score (nSPS) is 12.3. The molecule has 3 N–H and O–H groups in total. The number of hydrogen-bond donors (Lipinski definition) is 3. The van der Waals surface area contributed by atoms with Crippen LogP contribution in [0.3, 0.4) is 0 Å². The predicted octanol–water partition coefficient (Wildman–Crippen LogP) is 3.34. The molecule has 118 valence electrons. The van der Waals surface area contributed by atoms with Crippen molar-refractivity contribution in [1.29, 1.82) is 0 Å². The molecule has 4 nitrogen and oxygen atoms in total. The molecule has 0 aliphatic carbocycles. The van der Waals surface area contributed by atoms with Crippen LogP contribution in [-0.2, 0) is 12.8 Å². The van der Waals surface area contributed by atoms with Crippen LogP contribution in [0.4, 0.5) is 10.5 Å². The molecular weight excluding hydrogens is 264 g/mol. The van der Waals surface area contributed by atoms with Gasteiger partial charge in [0.15, 0.2) is 0 Å². The Morgan fingerprint density at radius 1 is 1.19 bits per heavy atom. The third kappa shape index (κ3) is 5.38. The van der Waals surface area contributed by atoms with Crippen molar-refractivity contribution in [3.05, 3.63) is 29.3 Å². The number of carbonyl (C=O) groups excluding carboxylic acids is 1. The first kappa shape index (κ1) is 17.5. The quantitative estimate of drug-likeness (QED) is 0.722. The zero-order valence-corrected chi connectivity index (χ0v) is 13.6. The van der Waals surface area contributed by atoms with E-state index in [0.29, 0.717) is 5.92 Å². The molecule has 0 spiro atoms. The fourth-order valence-electron chi connectivity index (χ4n) is 2.49. The molecule has 0 aliphatic rings. The van der Waals surface area contributed by atoms with E-state index in [1.807, 2.05) is 18.2 Å². The zero-order valence-electron chi connectivity index (χ0n) is 13.6. The van der Waals surface area contributed by atoms with Gasteiger partial charge in [-0.1, -0.05) is 45.9 Å². The number of benzene rings is 1. The summed E-state index contributed by atoms with van der Waals surface area (Å²) in [6.45, 7) is 8.26. The molecule has 1 rings (SSSR count). The van der Waals surface area contributed by atoms with Crippen LogP contribution in [0.5, 0.6) is 0 Å². The van der Waals surface area contributed by atoms with E-state index in [-0.39, 0.29) is 18.7 Å². The first-order valence-electron chi connectivity index (χ1n) is 7.80. The molecule has 1 unspecified atom stereocenters. The average Bonchev–Trinajstić information content (AvgIpc) is 2.46. The van der Waals surface area contributed by atoms with Crippen molar-refractivity contribution in [2.75, 3.05) is 11.9 Å². The largest absolute Gasteiger partial charge is 0.394 e. The number of urea groups is 1. The van der Waals surface area contributed by atoms with Gasteiger partial charge in [0, 0.05) is 5.69 Å². The topological polar surface area (TPSA) is 61.4 Å². The van der Waals surface area contributed by atoms with Gasteiger partial charge >= 0.3 is 6.03 Å². The standard InChI is InChI=1S/C17H28N2O2/c1-5-13-8-7-9-14(6-2)16(13)19-17(21)18-15(11-20)10-12(3)4/h7-9,12,15,20H,5-6,10-11H2,1-4H3,(H2,18,19,21). The lowest BCUT2D eigenvalue weighted by molar-refractivity contribution is 0.214. The molecule has 0 bridgehead atoms. The van der Waals surface area contributed by atoms with Gasteiger partial charge in [0.25, 0.3) is 0 Å². The first-order chi connectivity index (χ1) is 10.0. The highest BCUT2D eigenvalue weighted by Crippen LogP contribution is 2.22. The highest BCUT2D eigenvalue weighted by molar-refractivity contribution is 5.91. The molecule has 0 fully saturated rings. The van der Waals surface area contributed by atoms with E-state index in [9.17, 15) is 9.90 Å². The number of para-hydroxylation sites is 1. The molecule has 0 radical (unpaired) electrons. The number of aliphatic hydroxyl groups is 1. The molecule has 0 saturated heterocycles. The van der Waals surface area contributed by atoms with Gasteiger partial charge < -0.3 is 15.7 Å². The van der Waals surface area contributed by atoms with E-state index in [4.69, 9.17) is 0 Å². The van der Waals surface area contributed by atoms with Crippen LogP contribution >= 0.6 is 0 Å². The third-order valence-electron chi connectivity index (χ3n) is 3.55. The summed E-state index contributed by atoms with van der Waals surface area (Å²) in [6.07, 6.45) is 2.51. The lowest BCUT2D eigenvalue weighted by Gasteiger charge is -2.20. The number of rotatable bonds is 7. The first-order valence-corrected chi connectivity index (χ1v) is 7.80. The fourth-order valence-corrected chi connectivity index (χ4v) is 2.49. The number of anilines is 1. The number of amides is 2. The Bertz CT molecular complexity index is 436.